The molecule has 1 aromatic carbocycles. The molecule has 0 aliphatic carbocycles. The molecule has 1 N–H and O–H groups in total. The summed E-state index contributed by atoms with van der Waals surface area (Å²) in [5.41, 5.74) is 0.879. The van der Waals surface area contributed by atoms with Crippen molar-refractivity contribution in [2.24, 2.45) is 5.92 Å². The molecular formula is C17H28N2O2. The van der Waals surface area contributed by atoms with Gasteiger partial charge in [-0.2, -0.15) is 0 Å². The lowest BCUT2D eigenvalue weighted by atomic mass is 10.1. The number of aliphatic hydroxyl groups excluding tert-OH is 1. The quantitative estimate of drug-likeness (QED) is 0.870. The number of methoxy groups -OCH3 is 1. The van der Waals surface area contributed by atoms with Crippen LogP contribution in [0.3, 0.4) is 0 Å². The zero-order chi connectivity index (χ0) is 15.2. The number of benzene rings is 1. The average Bonchev–Trinajstić information content (AvgIpc) is 2.48. The minimum Gasteiger partial charge on any atom is -0.496 e. The average molecular weight is 292 g/mol. The van der Waals surface area contributed by atoms with Gasteiger partial charge >= 0.3 is 0 Å². The molecule has 4 nitrogen and oxygen atoms in total. The Morgan fingerprint density at radius 1 is 1.05 bits per heavy atom. The van der Waals surface area contributed by atoms with Gasteiger partial charge in [0.05, 0.1) is 13.2 Å². The molecule has 1 fully saturated rings. The molecule has 0 amide bonds. The van der Waals surface area contributed by atoms with Crippen LogP contribution in [0.25, 0.3) is 0 Å². The number of rotatable bonds is 6. The van der Waals surface area contributed by atoms with Gasteiger partial charge in [-0.1, -0.05) is 32.0 Å². The van der Waals surface area contributed by atoms with Crippen LogP contribution in [0.4, 0.5) is 0 Å². The van der Waals surface area contributed by atoms with Crippen molar-refractivity contribution in [1.29, 1.82) is 0 Å². The van der Waals surface area contributed by atoms with E-state index in [9.17, 15) is 5.11 Å². The molecule has 1 heterocycles. The van der Waals surface area contributed by atoms with Crippen molar-refractivity contribution < 1.29 is 9.84 Å². The van der Waals surface area contributed by atoms with Crippen LogP contribution in [0.2, 0.25) is 0 Å². The number of para-hydroxylation sites is 1. The van der Waals surface area contributed by atoms with Gasteiger partial charge in [0, 0.05) is 44.8 Å². The minimum absolute atomic E-state index is 0.488. The van der Waals surface area contributed by atoms with Crippen LogP contribution in [0.1, 0.15) is 25.5 Å². The Bertz CT molecular complexity index is 429. The number of β-amino-alcohol motifs (C(OH)–C–C–N with tert-alkyl or cyclic N) is 1. The smallest absolute Gasteiger partial charge is 0.124 e. The summed E-state index contributed by atoms with van der Waals surface area (Å²) >= 11 is 0. The number of hydrogen-bond donors (Lipinski definition) is 1. The summed E-state index contributed by atoms with van der Waals surface area (Å²) in [6.45, 7) is 10.6. The lowest BCUT2D eigenvalue weighted by Gasteiger charge is -2.36. The van der Waals surface area contributed by atoms with E-state index in [1.54, 1.807) is 7.11 Å². The summed E-state index contributed by atoms with van der Waals surface area (Å²) in [5, 5.41) is 10.5. The Morgan fingerprint density at radius 3 is 2.19 bits per heavy atom. The van der Waals surface area contributed by atoms with Crippen LogP contribution in [0, 0.1) is 5.92 Å². The summed E-state index contributed by atoms with van der Waals surface area (Å²) in [5.74, 6) is 1.49. The van der Waals surface area contributed by atoms with E-state index < -0.39 is 6.10 Å². The number of ether oxygens (including phenoxy) is 1. The number of aliphatic hydroxyl groups is 1. The first kappa shape index (κ1) is 16.3. The van der Waals surface area contributed by atoms with Gasteiger partial charge in [0.15, 0.2) is 0 Å². The van der Waals surface area contributed by atoms with Gasteiger partial charge in [-0.3, -0.25) is 4.90 Å². The predicted octanol–water partition coefficient (Wildman–Crippen LogP) is 2.00. The Hall–Kier alpha value is -1.10. The standard InChI is InChI=1S/C17H28N2O2/c1-14(2)12-18-8-10-19(11-9-18)13-16(20)15-6-4-5-7-17(15)21-3/h4-7,14,16,20H,8-13H2,1-3H3. The summed E-state index contributed by atoms with van der Waals surface area (Å²) in [4.78, 5) is 4.85. The summed E-state index contributed by atoms with van der Waals surface area (Å²) in [7, 11) is 1.65. The molecule has 21 heavy (non-hydrogen) atoms. The molecule has 1 aromatic rings. The third kappa shape index (κ3) is 4.70. The van der Waals surface area contributed by atoms with Gasteiger partial charge in [0.1, 0.15) is 5.75 Å². The van der Waals surface area contributed by atoms with Crippen molar-refractivity contribution in [3.63, 3.8) is 0 Å². The lowest BCUT2D eigenvalue weighted by Crippen LogP contribution is -2.48. The normalized spacial score (nSPS) is 18.9. The van der Waals surface area contributed by atoms with E-state index in [0.717, 1.165) is 43.4 Å². The van der Waals surface area contributed by atoms with Gasteiger partial charge in [-0.15, -0.1) is 0 Å². The first-order chi connectivity index (χ1) is 10.1. The van der Waals surface area contributed by atoms with Crippen molar-refractivity contribution in [1.82, 2.24) is 9.80 Å². The number of nitrogens with zero attached hydrogens (tertiary/aromatic N) is 2. The van der Waals surface area contributed by atoms with E-state index in [1.165, 1.54) is 6.54 Å². The van der Waals surface area contributed by atoms with Gasteiger partial charge in [0.2, 0.25) is 0 Å². The highest BCUT2D eigenvalue weighted by Gasteiger charge is 2.21. The molecule has 1 saturated heterocycles. The van der Waals surface area contributed by atoms with Crippen molar-refractivity contribution >= 4 is 0 Å². The Kier molecular flexibility index (Phi) is 6.03. The zero-order valence-electron chi connectivity index (χ0n) is 13.5. The van der Waals surface area contributed by atoms with Crippen LogP contribution in [0.5, 0.6) is 5.75 Å². The van der Waals surface area contributed by atoms with Crippen LogP contribution in [-0.2, 0) is 0 Å². The lowest BCUT2D eigenvalue weighted by molar-refractivity contribution is 0.0676. The molecule has 0 saturated carbocycles. The summed E-state index contributed by atoms with van der Waals surface area (Å²) in [6.07, 6.45) is -0.488. The fraction of sp³-hybridized carbons (Fsp3) is 0.647. The molecular weight excluding hydrogens is 264 g/mol. The molecule has 2 rings (SSSR count). The van der Waals surface area contributed by atoms with Crippen molar-refractivity contribution in [3.05, 3.63) is 29.8 Å². The number of piperazine rings is 1. The van der Waals surface area contributed by atoms with Crippen molar-refractivity contribution in [2.45, 2.75) is 20.0 Å². The predicted molar refractivity (Wildman–Crippen MR) is 85.7 cm³/mol. The van der Waals surface area contributed by atoms with Crippen LogP contribution in [-0.4, -0.2) is 61.3 Å². The van der Waals surface area contributed by atoms with Gasteiger partial charge < -0.3 is 14.7 Å². The van der Waals surface area contributed by atoms with E-state index in [2.05, 4.69) is 23.6 Å². The molecule has 1 atom stereocenters. The van der Waals surface area contributed by atoms with Crippen LogP contribution in [0.15, 0.2) is 24.3 Å². The summed E-state index contributed by atoms with van der Waals surface area (Å²) in [6, 6.07) is 7.72. The van der Waals surface area contributed by atoms with Crippen LogP contribution >= 0.6 is 0 Å². The van der Waals surface area contributed by atoms with E-state index in [1.807, 2.05) is 24.3 Å². The molecule has 1 aliphatic rings. The highest BCUT2D eigenvalue weighted by Crippen LogP contribution is 2.25. The second kappa shape index (κ2) is 7.78. The molecule has 0 aromatic heterocycles. The molecule has 1 unspecified atom stereocenters. The molecule has 1 aliphatic heterocycles. The highest BCUT2D eigenvalue weighted by atomic mass is 16.5. The number of hydrogen-bond acceptors (Lipinski definition) is 4. The monoisotopic (exact) mass is 292 g/mol. The molecule has 0 spiro atoms. The SMILES string of the molecule is COc1ccccc1C(O)CN1CCN(CC(C)C)CC1. The molecule has 118 valence electrons. The fourth-order valence-corrected chi connectivity index (χ4v) is 2.96. The van der Waals surface area contributed by atoms with Crippen molar-refractivity contribution in [2.75, 3.05) is 46.4 Å². The minimum atomic E-state index is -0.488. The van der Waals surface area contributed by atoms with Crippen LogP contribution < -0.4 is 4.74 Å². The second-order valence-electron chi connectivity index (χ2n) is 6.25. The Labute approximate surface area is 128 Å². The topological polar surface area (TPSA) is 35.9 Å². The Balaban J connectivity index is 1.85. The molecule has 0 radical (unpaired) electrons. The first-order valence-corrected chi connectivity index (χ1v) is 7.86. The molecule has 4 heteroatoms. The third-order valence-electron chi connectivity index (χ3n) is 4.02. The Morgan fingerprint density at radius 2 is 1.62 bits per heavy atom. The van der Waals surface area contributed by atoms with E-state index in [-0.39, 0.29) is 0 Å². The molecule has 0 bridgehead atoms. The van der Waals surface area contributed by atoms with E-state index >= 15 is 0 Å². The first-order valence-electron chi connectivity index (χ1n) is 7.86. The fourth-order valence-electron chi connectivity index (χ4n) is 2.96. The zero-order valence-corrected chi connectivity index (χ0v) is 13.5. The largest absolute Gasteiger partial charge is 0.496 e. The second-order valence-corrected chi connectivity index (χ2v) is 6.25. The maximum Gasteiger partial charge on any atom is 0.124 e. The van der Waals surface area contributed by atoms with E-state index in [0.29, 0.717) is 6.54 Å². The van der Waals surface area contributed by atoms with Gasteiger partial charge in [-0.05, 0) is 12.0 Å². The van der Waals surface area contributed by atoms with Gasteiger partial charge in [0.25, 0.3) is 0 Å². The van der Waals surface area contributed by atoms with Crippen molar-refractivity contribution in [3.8, 4) is 5.75 Å². The maximum absolute atomic E-state index is 10.5. The summed E-state index contributed by atoms with van der Waals surface area (Å²) < 4.78 is 5.33. The van der Waals surface area contributed by atoms with E-state index in [4.69, 9.17) is 4.74 Å². The maximum atomic E-state index is 10.5. The highest BCUT2D eigenvalue weighted by molar-refractivity contribution is 5.35. The van der Waals surface area contributed by atoms with Gasteiger partial charge in [-0.25, -0.2) is 0 Å². The third-order valence-corrected chi connectivity index (χ3v) is 4.02.